The van der Waals surface area contributed by atoms with Gasteiger partial charge in [0, 0.05) is 18.7 Å². The van der Waals surface area contributed by atoms with E-state index in [2.05, 4.69) is 15.6 Å². The van der Waals surface area contributed by atoms with Gasteiger partial charge in [-0.3, -0.25) is 4.79 Å². The molecule has 29 heavy (non-hydrogen) atoms. The number of hydrogen-bond acceptors (Lipinski definition) is 5. The molecule has 2 N–H and O–H groups in total. The summed E-state index contributed by atoms with van der Waals surface area (Å²) in [6.07, 6.45) is 1.50. The van der Waals surface area contributed by atoms with Gasteiger partial charge in [0.2, 0.25) is 5.89 Å². The highest BCUT2D eigenvalue weighted by Gasteiger charge is 2.26. The van der Waals surface area contributed by atoms with Crippen LogP contribution in [0.2, 0.25) is 10.0 Å². The number of oxazole rings is 1. The molecule has 152 valence electrons. The Morgan fingerprint density at radius 3 is 2.86 bits per heavy atom. The smallest absolute Gasteiger partial charge is 0.258 e. The van der Waals surface area contributed by atoms with Crippen LogP contribution in [0.4, 0.5) is 4.39 Å². The van der Waals surface area contributed by atoms with Gasteiger partial charge in [-0.1, -0.05) is 29.3 Å². The first-order valence-electron chi connectivity index (χ1n) is 9.15. The number of para-hydroxylation sites is 1. The lowest BCUT2D eigenvalue weighted by Crippen LogP contribution is -2.48. The summed E-state index contributed by atoms with van der Waals surface area (Å²) >= 11 is 11.8. The van der Waals surface area contributed by atoms with E-state index in [1.807, 2.05) is 12.1 Å². The molecule has 0 radical (unpaired) electrons. The first kappa shape index (κ1) is 19.9. The minimum Gasteiger partial charge on any atom is -0.484 e. The Bertz CT molecular complexity index is 1030. The van der Waals surface area contributed by atoms with E-state index < -0.39 is 5.82 Å². The fourth-order valence-electron chi connectivity index (χ4n) is 3.26. The maximum absolute atomic E-state index is 13.4. The highest BCUT2D eigenvalue weighted by atomic mass is 35.5. The number of hydrogen-bond donors (Lipinski definition) is 2. The van der Waals surface area contributed by atoms with Gasteiger partial charge in [-0.25, -0.2) is 9.37 Å². The third kappa shape index (κ3) is 4.63. The Hall–Kier alpha value is -2.35. The number of ether oxygens (including phenoxy) is 1. The van der Waals surface area contributed by atoms with Gasteiger partial charge in [0.1, 0.15) is 17.1 Å². The number of aromatic nitrogens is 1. The SMILES string of the molecule is O=C(COc1ccc(Cl)c(F)c1)N[C@H]1CC[C@H](c2nc3cccc(Cl)c3o2)NC1. The van der Waals surface area contributed by atoms with Crippen molar-refractivity contribution in [3.8, 4) is 5.75 Å². The molecule has 3 aromatic rings. The second-order valence-electron chi connectivity index (χ2n) is 6.81. The molecule has 1 aromatic heterocycles. The van der Waals surface area contributed by atoms with Crippen LogP contribution < -0.4 is 15.4 Å². The van der Waals surface area contributed by atoms with E-state index in [4.69, 9.17) is 32.4 Å². The van der Waals surface area contributed by atoms with Crippen LogP contribution in [0.1, 0.15) is 24.8 Å². The van der Waals surface area contributed by atoms with Crippen LogP contribution in [0.15, 0.2) is 40.8 Å². The van der Waals surface area contributed by atoms with Gasteiger partial charge in [0.25, 0.3) is 5.91 Å². The molecule has 1 aliphatic rings. The second-order valence-corrected chi connectivity index (χ2v) is 7.62. The lowest BCUT2D eigenvalue weighted by atomic mass is 10.0. The largest absolute Gasteiger partial charge is 0.484 e. The standard InChI is InChI=1S/C20H18Cl2FN3O3/c21-13-6-5-12(8-15(13)23)28-10-18(27)25-11-4-7-17(24-9-11)20-26-16-3-1-2-14(22)19(16)29-20/h1-3,5-6,8,11,17,24H,4,7,9-10H2,(H,25,27)/t11-,17+/m0/s1. The summed E-state index contributed by atoms with van der Waals surface area (Å²) in [4.78, 5) is 16.6. The van der Waals surface area contributed by atoms with Crippen molar-refractivity contribution in [2.75, 3.05) is 13.2 Å². The molecule has 2 heterocycles. The predicted molar refractivity (Wildman–Crippen MR) is 108 cm³/mol. The fraction of sp³-hybridized carbons (Fsp3) is 0.300. The molecule has 0 bridgehead atoms. The van der Waals surface area contributed by atoms with E-state index >= 15 is 0 Å². The topological polar surface area (TPSA) is 76.4 Å². The third-order valence-electron chi connectivity index (χ3n) is 4.72. The van der Waals surface area contributed by atoms with Gasteiger partial charge >= 0.3 is 0 Å². The molecule has 2 aromatic carbocycles. The first-order chi connectivity index (χ1) is 14.0. The molecule has 1 amide bonds. The monoisotopic (exact) mass is 437 g/mol. The minimum atomic E-state index is -0.590. The fourth-order valence-corrected chi connectivity index (χ4v) is 3.58. The Morgan fingerprint density at radius 2 is 2.14 bits per heavy atom. The number of fused-ring (bicyclic) bond motifs is 1. The van der Waals surface area contributed by atoms with E-state index in [0.29, 0.717) is 23.0 Å². The van der Waals surface area contributed by atoms with Gasteiger partial charge in [-0.2, -0.15) is 0 Å². The molecule has 0 spiro atoms. The van der Waals surface area contributed by atoms with Crippen molar-refractivity contribution in [1.29, 1.82) is 0 Å². The lowest BCUT2D eigenvalue weighted by Gasteiger charge is -2.28. The van der Waals surface area contributed by atoms with Crippen molar-refractivity contribution in [3.63, 3.8) is 0 Å². The number of nitrogens with one attached hydrogen (secondary N) is 2. The second kappa shape index (κ2) is 8.57. The maximum atomic E-state index is 13.4. The average Bonchev–Trinajstić information content (AvgIpc) is 3.15. The van der Waals surface area contributed by atoms with Crippen molar-refractivity contribution in [3.05, 3.63) is 58.2 Å². The van der Waals surface area contributed by atoms with Gasteiger partial charge in [0.15, 0.2) is 12.2 Å². The van der Waals surface area contributed by atoms with E-state index in [1.165, 1.54) is 12.1 Å². The number of amides is 1. The zero-order valence-electron chi connectivity index (χ0n) is 15.3. The van der Waals surface area contributed by atoms with Crippen LogP contribution in [-0.2, 0) is 4.79 Å². The van der Waals surface area contributed by atoms with E-state index in [9.17, 15) is 9.18 Å². The number of benzene rings is 2. The van der Waals surface area contributed by atoms with Gasteiger partial charge in [-0.15, -0.1) is 0 Å². The summed E-state index contributed by atoms with van der Waals surface area (Å²) in [5, 5.41) is 6.78. The molecule has 2 atom stereocenters. The third-order valence-corrected chi connectivity index (χ3v) is 5.33. The van der Waals surface area contributed by atoms with Crippen LogP contribution in [0.5, 0.6) is 5.75 Å². The number of nitrogens with zero attached hydrogens (tertiary/aromatic N) is 1. The highest BCUT2D eigenvalue weighted by Crippen LogP contribution is 2.29. The average molecular weight is 438 g/mol. The van der Waals surface area contributed by atoms with Crippen molar-refractivity contribution in [2.24, 2.45) is 0 Å². The normalized spacial score (nSPS) is 19.3. The molecule has 4 rings (SSSR count). The van der Waals surface area contributed by atoms with E-state index in [-0.39, 0.29) is 35.4 Å². The zero-order valence-corrected chi connectivity index (χ0v) is 16.8. The molecule has 1 fully saturated rings. The van der Waals surface area contributed by atoms with Gasteiger partial charge in [0.05, 0.1) is 16.1 Å². The Morgan fingerprint density at radius 1 is 1.28 bits per heavy atom. The first-order valence-corrected chi connectivity index (χ1v) is 9.91. The molecule has 1 aliphatic heterocycles. The molecular weight excluding hydrogens is 420 g/mol. The summed E-state index contributed by atoms with van der Waals surface area (Å²) in [7, 11) is 0. The van der Waals surface area contributed by atoms with Crippen LogP contribution in [0, 0.1) is 5.82 Å². The Kier molecular flexibility index (Phi) is 5.89. The minimum absolute atomic E-state index is 0.00542. The number of carbonyl (C=O) groups excluding carboxylic acids is 1. The summed E-state index contributed by atoms with van der Waals surface area (Å²) in [6.45, 7) is 0.364. The van der Waals surface area contributed by atoms with Crippen molar-refractivity contribution in [1.82, 2.24) is 15.6 Å². The van der Waals surface area contributed by atoms with Crippen molar-refractivity contribution in [2.45, 2.75) is 24.9 Å². The molecule has 9 heteroatoms. The van der Waals surface area contributed by atoms with E-state index in [0.717, 1.165) is 24.4 Å². The highest BCUT2D eigenvalue weighted by molar-refractivity contribution is 6.34. The zero-order chi connectivity index (χ0) is 20.4. The predicted octanol–water partition coefficient (Wildman–Crippen LogP) is 4.26. The van der Waals surface area contributed by atoms with Crippen LogP contribution in [0.25, 0.3) is 11.1 Å². The molecule has 6 nitrogen and oxygen atoms in total. The van der Waals surface area contributed by atoms with Gasteiger partial charge in [-0.05, 0) is 37.1 Å². The van der Waals surface area contributed by atoms with Crippen LogP contribution in [0.3, 0.4) is 0 Å². The lowest BCUT2D eigenvalue weighted by molar-refractivity contribution is -0.124. The summed E-state index contributed by atoms with van der Waals surface area (Å²) in [6, 6.07) is 9.40. The molecule has 0 unspecified atom stereocenters. The maximum Gasteiger partial charge on any atom is 0.258 e. The number of rotatable bonds is 5. The summed E-state index contributed by atoms with van der Waals surface area (Å²) in [5.74, 6) is -0.0312. The van der Waals surface area contributed by atoms with Gasteiger partial charge < -0.3 is 19.8 Å². The number of carbonyl (C=O) groups is 1. The molecule has 0 saturated carbocycles. The number of halogens is 3. The van der Waals surface area contributed by atoms with Crippen LogP contribution in [-0.4, -0.2) is 30.1 Å². The number of piperidine rings is 1. The quantitative estimate of drug-likeness (QED) is 0.623. The summed E-state index contributed by atoms with van der Waals surface area (Å²) < 4.78 is 24.5. The molecule has 1 saturated heterocycles. The van der Waals surface area contributed by atoms with Crippen LogP contribution >= 0.6 is 23.2 Å². The summed E-state index contributed by atoms with van der Waals surface area (Å²) in [5.41, 5.74) is 1.30. The Labute approximate surface area is 176 Å². The van der Waals surface area contributed by atoms with Crippen molar-refractivity contribution >= 4 is 40.2 Å². The Balaban J connectivity index is 1.27. The molecular formula is C20H18Cl2FN3O3. The van der Waals surface area contributed by atoms with Crippen molar-refractivity contribution < 1.29 is 18.3 Å². The van der Waals surface area contributed by atoms with E-state index in [1.54, 1.807) is 6.07 Å². The molecule has 0 aliphatic carbocycles.